The van der Waals surface area contributed by atoms with Crippen LogP contribution >= 0.6 is 23.4 Å². The van der Waals surface area contributed by atoms with Crippen molar-refractivity contribution in [2.24, 2.45) is 0 Å². The predicted octanol–water partition coefficient (Wildman–Crippen LogP) is 4.98. The van der Waals surface area contributed by atoms with E-state index in [1.54, 1.807) is 36.4 Å². The molecule has 0 fully saturated rings. The SMILES string of the molecule is COc1ccc(NC(=O)CSc2cc(C)nc(-c3cccc(F)c3)n2)cc1Cl. The van der Waals surface area contributed by atoms with Crippen LogP contribution in [-0.2, 0) is 4.79 Å². The molecule has 1 heterocycles. The molecule has 1 amide bonds. The van der Waals surface area contributed by atoms with Gasteiger partial charge in [-0.2, -0.15) is 0 Å². The van der Waals surface area contributed by atoms with Gasteiger partial charge in [0.05, 0.1) is 17.9 Å². The number of aryl methyl sites for hydroxylation is 1. The van der Waals surface area contributed by atoms with E-state index in [0.29, 0.717) is 32.9 Å². The van der Waals surface area contributed by atoms with Crippen LogP contribution in [0.25, 0.3) is 11.4 Å². The highest BCUT2D eigenvalue weighted by Crippen LogP contribution is 2.27. The third kappa shape index (κ3) is 5.21. The predicted molar refractivity (Wildman–Crippen MR) is 110 cm³/mol. The highest BCUT2D eigenvalue weighted by molar-refractivity contribution is 7.99. The van der Waals surface area contributed by atoms with Crippen LogP contribution in [0.5, 0.6) is 5.75 Å². The van der Waals surface area contributed by atoms with Gasteiger partial charge in [0.25, 0.3) is 0 Å². The lowest BCUT2D eigenvalue weighted by atomic mass is 10.2. The van der Waals surface area contributed by atoms with E-state index < -0.39 is 0 Å². The summed E-state index contributed by atoms with van der Waals surface area (Å²) in [7, 11) is 1.53. The molecule has 5 nitrogen and oxygen atoms in total. The summed E-state index contributed by atoms with van der Waals surface area (Å²) >= 11 is 7.34. The van der Waals surface area contributed by atoms with Gasteiger partial charge in [-0.3, -0.25) is 4.79 Å². The van der Waals surface area contributed by atoms with Crippen molar-refractivity contribution in [3.63, 3.8) is 0 Å². The summed E-state index contributed by atoms with van der Waals surface area (Å²) < 4.78 is 18.6. The number of carbonyl (C=O) groups is 1. The highest BCUT2D eigenvalue weighted by Gasteiger charge is 2.10. The Morgan fingerprint density at radius 2 is 2.04 bits per heavy atom. The normalized spacial score (nSPS) is 10.6. The fourth-order valence-electron chi connectivity index (χ4n) is 2.45. The molecule has 0 unspecified atom stereocenters. The highest BCUT2D eigenvalue weighted by atomic mass is 35.5. The zero-order chi connectivity index (χ0) is 20.1. The number of nitrogens with zero attached hydrogens (tertiary/aromatic N) is 2. The average molecular weight is 418 g/mol. The van der Waals surface area contributed by atoms with Crippen molar-refractivity contribution < 1.29 is 13.9 Å². The van der Waals surface area contributed by atoms with Crippen LogP contribution in [0.2, 0.25) is 5.02 Å². The Bertz CT molecular complexity index is 1020. The van der Waals surface area contributed by atoms with Crippen molar-refractivity contribution in [1.82, 2.24) is 9.97 Å². The lowest BCUT2D eigenvalue weighted by Crippen LogP contribution is -2.14. The van der Waals surface area contributed by atoms with Crippen molar-refractivity contribution in [3.8, 4) is 17.1 Å². The topological polar surface area (TPSA) is 64.1 Å². The molecule has 0 aliphatic rings. The quantitative estimate of drug-likeness (QED) is 0.452. The fourth-order valence-corrected chi connectivity index (χ4v) is 3.46. The third-order valence-corrected chi connectivity index (χ3v) is 4.91. The first-order chi connectivity index (χ1) is 13.4. The minimum Gasteiger partial charge on any atom is -0.495 e. The Morgan fingerprint density at radius 1 is 1.21 bits per heavy atom. The van der Waals surface area contributed by atoms with E-state index in [4.69, 9.17) is 16.3 Å². The van der Waals surface area contributed by atoms with Gasteiger partial charge in [0.2, 0.25) is 5.91 Å². The third-order valence-electron chi connectivity index (χ3n) is 3.70. The molecule has 0 aliphatic heterocycles. The number of rotatable bonds is 6. The molecule has 144 valence electrons. The molecule has 0 spiro atoms. The van der Waals surface area contributed by atoms with E-state index in [2.05, 4.69) is 15.3 Å². The number of thioether (sulfide) groups is 1. The lowest BCUT2D eigenvalue weighted by molar-refractivity contribution is -0.113. The molecule has 2 aromatic carbocycles. The van der Waals surface area contributed by atoms with Crippen molar-refractivity contribution in [2.45, 2.75) is 11.9 Å². The maximum atomic E-state index is 13.5. The Kier molecular flexibility index (Phi) is 6.49. The van der Waals surface area contributed by atoms with Crippen LogP contribution in [0.4, 0.5) is 10.1 Å². The monoisotopic (exact) mass is 417 g/mol. The Morgan fingerprint density at radius 3 is 2.75 bits per heavy atom. The number of carbonyl (C=O) groups excluding carboxylic acids is 1. The number of amides is 1. The van der Waals surface area contributed by atoms with E-state index in [-0.39, 0.29) is 17.5 Å². The number of methoxy groups -OCH3 is 1. The zero-order valence-electron chi connectivity index (χ0n) is 15.2. The molecule has 0 radical (unpaired) electrons. The summed E-state index contributed by atoms with van der Waals surface area (Å²) in [6.45, 7) is 1.83. The number of ether oxygens (including phenoxy) is 1. The summed E-state index contributed by atoms with van der Waals surface area (Å²) in [5.41, 5.74) is 1.90. The van der Waals surface area contributed by atoms with Gasteiger partial charge in [-0.25, -0.2) is 14.4 Å². The summed E-state index contributed by atoms with van der Waals surface area (Å²) in [6, 6.07) is 12.9. The van der Waals surface area contributed by atoms with Crippen molar-refractivity contribution in [2.75, 3.05) is 18.2 Å². The van der Waals surface area contributed by atoms with Crippen molar-refractivity contribution in [3.05, 3.63) is 65.1 Å². The van der Waals surface area contributed by atoms with Gasteiger partial charge in [-0.1, -0.05) is 35.5 Å². The zero-order valence-corrected chi connectivity index (χ0v) is 16.8. The van der Waals surface area contributed by atoms with Crippen LogP contribution in [0.15, 0.2) is 53.6 Å². The summed E-state index contributed by atoms with van der Waals surface area (Å²) in [5.74, 6) is 0.562. The van der Waals surface area contributed by atoms with Crippen LogP contribution < -0.4 is 10.1 Å². The van der Waals surface area contributed by atoms with Crippen LogP contribution in [0.3, 0.4) is 0 Å². The van der Waals surface area contributed by atoms with Crippen molar-refractivity contribution in [1.29, 1.82) is 0 Å². The molecule has 0 saturated carbocycles. The van der Waals surface area contributed by atoms with E-state index >= 15 is 0 Å². The second kappa shape index (κ2) is 9.03. The summed E-state index contributed by atoms with van der Waals surface area (Å²) in [4.78, 5) is 21.0. The second-order valence-electron chi connectivity index (χ2n) is 5.87. The fraction of sp³-hybridized carbons (Fsp3) is 0.150. The lowest BCUT2D eigenvalue weighted by Gasteiger charge is -2.09. The summed E-state index contributed by atoms with van der Waals surface area (Å²) in [5, 5.41) is 3.83. The summed E-state index contributed by atoms with van der Waals surface area (Å²) in [6.07, 6.45) is 0. The number of anilines is 1. The molecule has 1 aromatic heterocycles. The molecule has 28 heavy (non-hydrogen) atoms. The molecule has 1 N–H and O–H groups in total. The van der Waals surface area contributed by atoms with Crippen LogP contribution in [-0.4, -0.2) is 28.7 Å². The smallest absolute Gasteiger partial charge is 0.234 e. The van der Waals surface area contributed by atoms with E-state index in [0.717, 1.165) is 5.69 Å². The van der Waals surface area contributed by atoms with Crippen molar-refractivity contribution >= 4 is 35.0 Å². The number of hydrogen-bond acceptors (Lipinski definition) is 5. The maximum absolute atomic E-state index is 13.5. The number of nitrogens with one attached hydrogen (secondary N) is 1. The van der Waals surface area contributed by atoms with Gasteiger partial charge < -0.3 is 10.1 Å². The van der Waals surface area contributed by atoms with Gasteiger partial charge in [-0.05, 0) is 43.3 Å². The molecule has 0 atom stereocenters. The molecule has 8 heteroatoms. The van der Waals surface area contributed by atoms with Gasteiger partial charge in [0, 0.05) is 16.9 Å². The average Bonchev–Trinajstić information content (AvgIpc) is 2.66. The number of halogens is 2. The molecule has 3 rings (SSSR count). The molecule has 0 saturated heterocycles. The molecule has 3 aromatic rings. The molecular formula is C20H17ClFN3O2S. The minimum absolute atomic E-state index is 0.155. The largest absolute Gasteiger partial charge is 0.495 e. The van der Waals surface area contributed by atoms with Gasteiger partial charge >= 0.3 is 0 Å². The number of benzene rings is 2. The molecule has 0 aliphatic carbocycles. The van der Waals surface area contributed by atoms with E-state index in [9.17, 15) is 9.18 Å². The number of aromatic nitrogens is 2. The first-order valence-corrected chi connectivity index (χ1v) is 9.69. The Hall–Kier alpha value is -2.64. The standard InChI is InChI=1S/C20H17ClFN3O2S/c1-12-8-19(25-20(23-12)13-4-3-5-14(22)9-13)28-11-18(26)24-15-6-7-17(27-2)16(21)10-15/h3-10H,11H2,1-2H3,(H,24,26). The van der Waals surface area contributed by atoms with Crippen LogP contribution in [0, 0.1) is 12.7 Å². The molecule has 0 bridgehead atoms. The van der Waals surface area contributed by atoms with Gasteiger partial charge in [0.15, 0.2) is 5.82 Å². The Balaban J connectivity index is 1.67. The maximum Gasteiger partial charge on any atom is 0.234 e. The minimum atomic E-state index is -0.352. The van der Waals surface area contributed by atoms with Gasteiger partial charge in [-0.15, -0.1) is 0 Å². The first kappa shape index (κ1) is 20.1. The van der Waals surface area contributed by atoms with Gasteiger partial charge in [0.1, 0.15) is 16.6 Å². The van der Waals surface area contributed by atoms with E-state index in [1.165, 1.54) is 31.0 Å². The Labute approximate surface area is 171 Å². The number of hydrogen-bond donors (Lipinski definition) is 1. The second-order valence-corrected chi connectivity index (χ2v) is 7.27. The molecular weight excluding hydrogens is 401 g/mol. The first-order valence-electron chi connectivity index (χ1n) is 8.32. The van der Waals surface area contributed by atoms with Crippen LogP contribution in [0.1, 0.15) is 5.69 Å². The van der Waals surface area contributed by atoms with E-state index in [1.807, 2.05) is 6.92 Å².